The van der Waals surface area contributed by atoms with Crippen LogP contribution >= 0.6 is 23.2 Å². The number of benzene rings is 2. The molecule has 0 bridgehead atoms. The predicted octanol–water partition coefficient (Wildman–Crippen LogP) is 2.71. The van der Waals surface area contributed by atoms with Crippen LogP contribution in [-0.4, -0.2) is 60.2 Å². The van der Waals surface area contributed by atoms with Gasteiger partial charge in [0.1, 0.15) is 0 Å². The zero-order valence-electron chi connectivity index (χ0n) is 15.0. The van der Waals surface area contributed by atoms with Gasteiger partial charge in [0.2, 0.25) is 5.91 Å². The van der Waals surface area contributed by atoms with Crippen LogP contribution in [0.25, 0.3) is 0 Å². The molecule has 1 N–H and O–H groups in total. The standard InChI is InChI=1S/C20H19Cl2N3O3/c21-15-6-7-16(17(22)12-15)20(28)25-10-8-24(9-11-25)18(26)13-23-19(27)14-4-2-1-3-5-14/h1-7,12H,8-11,13H2,(H,23,27). The topological polar surface area (TPSA) is 69.7 Å². The van der Waals surface area contributed by atoms with E-state index >= 15 is 0 Å². The second kappa shape index (κ2) is 9.08. The maximum absolute atomic E-state index is 12.6. The average Bonchev–Trinajstić information content (AvgIpc) is 2.72. The third kappa shape index (κ3) is 4.82. The number of carbonyl (C=O) groups is 3. The first-order valence-corrected chi connectivity index (χ1v) is 9.56. The minimum atomic E-state index is -0.292. The minimum absolute atomic E-state index is 0.0787. The molecule has 0 saturated carbocycles. The lowest BCUT2D eigenvalue weighted by Crippen LogP contribution is -2.52. The van der Waals surface area contributed by atoms with Crippen molar-refractivity contribution in [3.63, 3.8) is 0 Å². The van der Waals surface area contributed by atoms with Crippen molar-refractivity contribution in [2.75, 3.05) is 32.7 Å². The summed E-state index contributed by atoms with van der Waals surface area (Å²) in [7, 11) is 0. The molecule has 1 fully saturated rings. The summed E-state index contributed by atoms with van der Waals surface area (Å²) in [6.45, 7) is 1.52. The summed E-state index contributed by atoms with van der Waals surface area (Å²) in [4.78, 5) is 40.3. The van der Waals surface area contributed by atoms with Gasteiger partial charge in [-0.15, -0.1) is 0 Å². The molecule has 0 atom stereocenters. The van der Waals surface area contributed by atoms with Gasteiger partial charge in [-0.1, -0.05) is 41.4 Å². The zero-order chi connectivity index (χ0) is 20.1. The normalized spacial score (nSPS) is 13.9. The highest BCUT2D eigenvalue weighted by Gasteiger charge is 2.26. The number of nitrogens with zero attached hydrogens (tertiary/aromatic N) is 2. The van der Waals surface area contributed by atoms with Crippen molar-refractivity contribution in [1.82, 2.24) is 15.1 Å². The van der Waals surface area contributed by atoms with Gasteiger partial charge in [-0.25, -0.2) is 0 Å². The molecule has 1 aliphatic rings. The van der Waals surface area contributed by atoms with Gasteiger partial charge in [0.25, 0.3) is 11.8 Å². The Morgan fingerprint density at radius 2 is 1.54 bits per heavy atom. The smallest absolute Gasteiger partial charge is 0.255 e. The predicted molar refractivity (Wildman–Crippen MR) is 108 cm³/mol. The minimum Gasteiger partial charge on any atom is -0.343 e. The van der Waals surface area contributed by atoms with Crippen LogP contribution in [0.3, 0.4) is 0 Å². The van der Waals surface area contributed by atoms with Crippen LogP contribution in [0.1, 0.15) is 20.7 Å². The van der Waals surface area contributed by atoms with E-state index in [1.54, 1.807) is 46.2 Å². The molecule has 1 saturated heterocycles. The lowest BCUT2D eigenvalue weighted by Gasteiger charge is -2.35. The summed E-state index contributed by atoms with van der Waals surface area (Å²) in [6.07, 6.45) is 0. The first kappa shape index (κ1) is 20.2. The summed E-state index contributed by atoms with van der Waals surface area (Å²) >= 11 is 12.0. The van der Waals surface area contributed by atoms with E-state index in [4.69, 9.17) is 23.2 Å². The molecule has 3 rings (SSSR count). The highest BCUT2D eigenvalue weighted by molar-refractivity contribution is 6.36. The number of hydrogen-bond donors (Lipinski definition) is 1. The van der Waals surface area contributed by atoms with Crippen molar-refractivity contribution >= 4 is 40.9 Å². The maximum atomic E-state index is 12.6. The van der Waals surface area contributed by atoms with E-state index in [0.717, 1.165) is 0 Å². The number of rotatable bonds is 4. The van der Waals surface area contributed by atoms with Gasteiger partial charge in [-0.3, -0.25) is 14.4 Å². The van der Waals surface area contributed by atoms with Crippen LogP contribution in [0, 0.1) is 0 Å². The number of piperazine rings is 1. The largest absolute Gasteiger partial charge is 0.343 e. The Morgan fingerprint density at radius 3 is 2.18 bits per heavy atom. The molecule has 1 aliphatic heterocycles. The fourth-order valence-electron chi connectivity index (χ4n) is 2.95. The molecular weight excluding hydrogens is 401 g/mol. The fraction of sp³-hybridized carbons (Fsp3) is 0.250. The molecule has 0 radical (unpaired) electrons. The number of amides is 3. The highest BCUT2D eigenvalue weighted by Crippen LogP contribution is 2.22. The molecule has 146 valence electrons. The van der Waals surface area contributed by atoms with Crippen molar-refractivity contribution in [1.29, 1.82) is 0 Å². The summed E-state index contributed by atoms with van der Waals surface area (Å²) in [5, 5.41) is 3.40. The Bertz CT molecular complexity index is 882. The van der Waals surface area contributed by atoms with Crippen LogP contribution < -0.4 is 5.32 Å². The molecule has 0 unspecified atom stereocenters. The van der Waals surface area contributed by atoms with Crippen molar-refractivity contribution in [2.24, 2.45) is 0 Å². The van der Waals surface area contributed by atoms with Crippen LogP contribution in [0.4, 0.5) is 0 Å². The average molecular weight is 420 g/mol. The number of hydrogen-bond acceptors (Lipinski definition) is 3. The Kier molecular flexibility index (Phi) is 6.54. The fourth-order valence-corrected chi connectivity index (χ4v) is 3.44. The van der Waals surface area contributed by atoms with Crippen molar-refractivity contribution in [2.45, 2.75) is 0 Å². The van der Waals surface area contributed by atoms with E-state index in [9.17, 15) is 14.4 Å². The molecule has 2 aromatic rings. The van der Waals surface area contributed by atoms with E-state index in [1.807, 2.05) is 6.07 Å². The quantitative estimate of drug-likeness (QED) is 0.827. The van der Waals surface area contributed by atoms with E-state index in [0.29, 0.717) is 47.4 Å². The lowest BCUT2D eigenvalue weighted by molar-refractivity contribution is -0.131. The Morgan fingerprint density at radius 1 is 0.893 bits per heavy atom. The molecule has 3 amide bonds. The Labute approximate surface area is 173 Å². The van der Waals surface area contributed by atoms with E-state index < -0.39 is 0 Å². The van der Waals surface area contributed by atoms with Crippen molar-refractivity contribution < 1.29 is 14.4 Å². The maximum Gasteiger partial charge on any atom is 0.255 e. The summed E-state index contributed by atoms with van der Waals surface area (Å²) in [6, 6.07) is 13.5. The second-order valence-electron chi connectivity index (χ2n) is 6.35. The first-order valence-electron chi connectivity index (χ1n) is 8.81. The van der Waals surface area contributed by atoms with E-state index in [1.165, 1.54) is 6.07 Å². The number of carbonyl (C=O) groups excluding carboxylic acids is 3. The first-order chi connectivity index (χ1) is 13.5. The van der Waals surface area contributed by atoms with Gasteiger partial charge in [-0.2, -0.15) is 0 Å². The Balaban J connectivity index is 1.50. The third-order valence-corrected chi connectivity index (χ3v) is 5.07. The monoisotopic (exact) mass is 419 g/mol. The van der Waals surface area contributed by atoms with Crippen LogP contribution in [0.5, 0.6) is 0 Å². The lowest BCUT2D eigenvalue weighted by atomic mass is 10.1. The van der Waals surface area contributed by atoms with Crippen LogP contribution in [-0.2, 0) is 4.79 Å². The SMILES string of the molecule is O=C(NCC(=O)N1CCN(C(=O)c2ccc(Cl)cc2Cl)CC1)c1ccccc1. The van der Waals surface area contributed by atoms with Crippen molar-refractivity contribution in [3.8, 4) is 0 Å². The third-order valence-electron chi connectivity index (χ3n) is 4.52. The van der Waals surface area contributed by atoms with Gasteiger partial charge in [0.15, 0.2) is 0 Å². The second-order valence-corrected chi connectivity index (χ2v) is 7.19. The molecule has 8 heteroatoms. The van der Waals surface area contributed by atoms with Gasteiger partial charge in [0, 0.05) is 36.8 Å². The molecule has 0 aliphatic carbocycles. The number of halogens is 2. The molecule has 28 heavy (non-hydrogen) atoms. The highest BCUT2D eigenvalue weighted by atomic mass is 35.5. The molecule has 2 aromatic carbocycles. The van der Waals surface area contributed by atoms with Gasteiger partial charge < -0.3 is 15.1 Å². The molecular formula is C20H19Cl2N3O3. The summed E-state index contributed by atoms with van der Waals surface area (Å²) in [5.41, 5.74) is 0.895. The van der Waals surface area contributed by atoms with Gasteiger partial charge in [0.05, 0.1) is 17.1 Å². The molecule has 0 spiro atoms. The van der Waals surface area contributed by atoms with E-state index in [2.05, 4.69) is 5.32 Å². The molecule has 6 nitrogen and oxygen atoms in total. The zero-order valence-corrected chi connectivity index (χ0v) is 16.5. The van der Waals surface area contributed by atoms with Gasteiger partial charge >= 0.3 is 0 Å². The van der Waals surface area contributed by atoms with Crippen LogP contribution in [0.2, 0.25) is 10.0 Å². The summed E-state index contributed by atoms with van der Waals surface area (Å²) in [5.74, 6) is -0.660. The molecule has 0 aromatic heterocycles. The number of nitrogens with one attached hydrogen (secondary N) is 1. The van der Waals surface area contributed by atoms with E-state index in [-0.39, 0.29) is 24.3 Å². The van der Waals surface area contributed by atoms with Gasteiger partial charge in [-0.05, 0) is 30.3 Å². The Hall–Kier alpha value is -2.57. The van der Waals surface area contributed by atoms with Crippen molar-refractivity contribution in [3.05, 3.63) is 69.7 Å². The summed E-state index contributed by atoms with van der Waals surface area (Å²) < 4.78 is 0. The molecule has 1 heterocycles. The van der Waals surface area contributed by atoms with Crippen LogP contribution in [0.15, 0.2) is 48.5 Å².